The van der Waals surface area contributed by atoms with Gasteiger partial charge in [-0.2, -0.15) is 5.06 Å². The number of Topliss-reactive ketones (excluding diaryl/α,β-unsaturated/α-hetero) is 1. The highest BCUT2D eigenvalue weighted by Gasteiger charge is 2.32. The van der Waals surface area contributed by atoms with E-state index in [2.05, 4.69) is 4.74 Å². The third-order valence-corrected chi connectivity index (χ3v) is 1.88. The van der Waals surface area contributed by atoms with Crippen molar-refractivity contribution in [1.82, 2.24) is 5.06 Å². The van der Waals surface area contributed by atoms with Crippen LogP contribution in [0.1, 0.15) is 6.42 Å². The molecule has 0 radical (unpaired) electrons. The quantitative estimate of drug-likeness (QED) is 0.425. The first kappa shape index (κ1) is 9.15. The molecule has 1 rings (SSSR count). The molecule has 0 spiro atoms. The topological polar surface area (TPSA) is 66.8 Å². The first-order chi connectivity index (χ1) is 5.65. The van der Waals surface area contributed by atoms with Crippen LogP contribution in [0, 0.1) is 5.92 Å². The molecule has 0 aliphatic carbocycles. The van der Waals surface area contributed by atoms with Crippen molar-refractivity contribution in [3.05, 3.63) is 0 Å². The summed E-state index contributed by atoms with van der Waals surface area (Å²) in [5.74, 6) is -1.54. The number of ketones is 1. The molecule has 5 heteroatoms. The molecule has 12 heavy (non-hydrogen) atoms. The Morgan fingerprint density at radius 1 is 1.75 bits per heavy atom. The third kappa shape index (κ3) is 1.80. The predicted molar refractivity (Wildman–Crippen MR) is 38.5 cm³/mol. The highest BCUT2D eigenvalue weighted by Crippen LogP contribution is 2.12. The summed E-state index contributed by atoms with van der Waals surface area (Å²) in [5.41, 5.74) is 0. The zero-order valence-corrected chi connectivity index (χ0v) is 6.82. The lowest BCUT2D eigenvalue weighted by atomic mass is 9.98. The lowest BCUT2D eigenvalue weighted by Gasteiger charge is -2.24. The van der Waals surface area contributed by atoms with Gasteiger partial charge in [0.1, 0.15) is 11.7 Å². The van der Waals surface area contributed by atoms with E-state index in [1.54, 1.807) is 0 Å². The maximum absolute atomic E-state index is 11.1. The molecule has 1 atom stereocenters. The van der Waals surface area contributed by atoms with Gasteiger partial charge in [0, 0.05) is 19.5 Å². The van der Waals surface area contributed by atoms with E-state index in [0.717, 1.165) is 5.06 Å². The van der Waals surface area contributed by atoms with Crippen molar-refractivity contribution < 1.29 is 19.5 Å². The summed E-state index contributed by atoms with van der Waals surface area (Å²) in [6, 6.07) is 0. The van der Waals surface area contributed by atoms with Crippen molar-refractivity contribution in [3.63, 3.8) is 0 Å². The van der Waals surface area contributed by atoms with Crippen molar-refractivity contribution in [2.75, 3.05) is 20.2 Å². The lowest BCUT2D eigenvalue weighted by Crippen LogP contribution is -2.43. The zero-order chi connectivity index (χ0) is 9.14. The minimum absolute atomic E-state index is 0.0471. The van der Waals surface area contributed by atoms with Crippen LogP contribution in [0.4, 0.5) is 0 Å². The Hall–Kier alpha value is -0.940. The van der Waals surface area contributed by atoms with E-state index in [-0.39, 0.29) is 18.7 Å². The molecule has 1 aliphatic heterocycles. The number of carbonyl (C=O) groups excluding carboxylic acids is 2. The molecule has 0 bridgehead atoms. The minimum atomic E-state index is -0.811. The molecule has 0 aromatic carbocycles. The molecule has 1 unspecified atom stereocenters. The van der Waals surface area contributed by atoms with Gasteiger partial charge in [-0.25, -0.2) is 0 Å². The fourth-order valence-electron chi connectivity index (χ4n) is 1.17. The molecule has 0 aromatic heterocycles. The van der Waals surface area contributed by atoms with Crippen LogP contribution in [0.5, 0.6) is 0 Å². The number of carbonyl (C=O) groups is 2. The van der Waals surface area contributed by atoms with Crippen molar-refractivity contribution in [1.29, 1.82) is 0 Å². The van der Waals surface area contributed by atoms with Gasteiger partial charge in [0.2, 0.25) is 0 Å². The number of hydroxylamine groups is 2. The number of piperidine rings is 1. The monoisotopic (exact) mass is 173 g/mol. The average Bonchev–Trinajstić information content (AvgIpc) is 2.08. The Morgan fingerprint density at radius 2 is 2.42 bits per heavy atom. The minimum Gasteiger partial charge on any atom is -0.468 e. The highest BCUT2D eigenvalue weighted by atomic mass is 16.5. The Balaban J connectivity index is 2.60. The summed E-state index contributed by atoms with van der Waals surface area (Å²) in [5, 5.41) is 9.98. The number of hydrogen-bond donors (Lipinski definition) is 1. The van der Waals surface area contributed by atoms with Gasteiger partial charge in [-0.15, -0.1) is 0 Å². The van der Waals surface area contributed by atoms with Gasteiger partial charge in [-0.3, -0.25) is 9.59 Å². The van der Waals surface area contributed by atoms with E-state index in [1.807, 2.05) is 0 Å². The second kappa shape index (κ2) is 3.64. The van der Waals surface area contributed by atoms with Crippen LogP contribution in [-0.2, 0) is 14.3 Å². The molecule has 0 amide bonds. The van der Waals surface area contributed by atoms with Crippen LogP contribution < -0.4 is 0 Å². The van der Waals surface area contributed by atoms with Crippen LogP contribution >= 0.6 is 0 Å². The number of ether oxygens (including phenoxy) is 1. The molecule has 5 nitrogen and oxygen atoms in total. The van der Waals surface area contributed by atoms with Gasteiger partial charge in [0.05, 0.1) is 7.11 Å². The summed E-state index contributed by atoms with van der Waals surface area (Å²) in [7, 11) is 1.23. The van der Waals surface area contributed by atoms with Gasteiger partial charge < -0.3 is 9.94 Å². The van der Waals surface area contributed by atoms with Crippen LogP contribution in [0.2, 0.25) is 0 Å². The number of esters is 1. The van der Waals surface area contributed by atoms with Crippen molar-refractivity contribution in [3.8, 4) is 0 Å². The maximum atomic E-state index is 11.1. The van der Waals surface area contributed by atoms with Crippen molar-refractivity contribution >= 4 is 11.8 Å². The molecule has 0 saturated carbocycles. The van der Waals surface area contributed by atoms with Crippen LogP contribution in [0.25, 0.3) is 0 Å². The normalized spacial score (nSPS) is 25.5. The molecule has 1 aliphatic rings. The summed E-state index contributed by atoms with van der Waals surface area (Å²) >= 11 is 0. The molecule has 0 aromatic rings. The number of methoxy groups -OCH3 is 1. The van der Waals surface area contributed by atoms with Crippen LogP contribution in [-0.4, -0.2) is 42.2 Å². The first-order valence-corrected chi connectivity index (χ1v) is 3.69. The maximum Gasteiger partial charge on any atom is 0.317 e. The molecule has 1 saturated heterocycles. The Labute approximate surface area is 69.9 Å². The average molecular weight is 173 g/mol. The van der Waals surface area contributed by atoms with Crippen molar-refractivity contribution in [2.24, 2.45) is 5.92 Å². The molecule has 1 heterocycles. The largest absolute Gasteiger partial charge is 0.468 e. The first-order valence-electron chi connectivity index (χ1n) is 3.69. The summed E-state index contributed by atoms with van der Waals surface area (Å²) in [6.07, 6.45) is 0.205. The molecular weight excluding hydrogens is 162 g/mol. The highest BCUT2D eigenvalue weighted by molar-refractivity contribution is 5.99. The second-order valence-corrected chi connectivity index (χ2v) is 2.70. The standard InChI is InChI=1S/C7H11NO4/c1-12-7(10)5-4-8(11)3-2-6(5)9/h5,11H,2-4H2,1H3. The Kier molecular flexibility index (Phi) is 2.78. The molecule has 1 fully saturated rings. The lowest BCUT2D eigenvalue weighted by molar-refractivity contribution is -0.165. The third-order valence-electron chi connectivity index (χ3n) is 1.88. The van der Waals surface area contributed by atoms with Gasteiger partial charge in [-0.1, -0.05) is 0 Å². The van der Waals surface area contributed by atoms with Gasteiger partial charge >= 0.3 is 5.97 Å². The fraction of sp³-hybridized carbons (Fsp3) is 0.714. The predicted octanol–water partition coefficient (Wildman–Crippen LogP) is -0.560. The van der Waals surface area contributed by atoms with Gasteiger partial charge in [0.25, 0.3) is 0 Å². The Morgan fingerprint density at radius 3 is 3.00 bits per heavy atom. The van der Waals surface area contributed by atoms with E-state index in [0.29, 0.717) is 6.54 Å². The van der Waals surface area contributed by atoms with Gasteiger partial charge in [-0.05, 0) is 0 Å². The molecular formula is C7H11NO4. The van der Waals surface area contributed by atoms with Gasteiger partial charge in [0.15, 0.2) is 0 Å². The van der Waals surface area contributed by atoms with E-state index in [9.17, 15) is 9.59 Å². The van der Waals surface area contributed by atoms with E-state index in [4.69, 9.17) is 5.21 Å². The Bertz CT molecular complexity index is 196. The van der Waals surface area contributed by atoms with Crippen LogP contribution in [0.3, 0.4) is 0 Å². The summed E-state index contributed by atoms with van der Waals surface area (Å²) in [6.45, 7) is 0.345. The van der Waals surface area contributed by atoms with Crippen molar-refractivity contribution in [2.45, 2.75) is 6.42 Å². The number of hydrogen-bond acceptors (Lipinski definition) is 5. The molecule has 1 N–H and O–H groups in total. The SMILES string of the molecule is COC(=O)C1CN(O)CCC1=O. The smallest absolute Gasteiger partial charge is 0.317 e. The summed E-state index contributed by atoms with van der Waals surface area (Å²) in [4.78, 5) is 22.0. The molecule has 68 valence electrons. The number of rotatable bonds is 1. The second-order valence-electron chi connectivity index (χ2n) is 2.70. The summed E-state index contributed by atoms with van der Waals surface area (Å²) < 4.78 is 4.41. The van der Waals surface area contributed by atoms with E-state index in [1.165, 1.54) is 7.11 Å². The van der Waals surface area contributed by atoms with Crippen LogP contribution in [0.15, 0.2) is 0 Å². The van der Waals surface area contributed by atoms with E-state index >= 15 is 0 Å². The number of nitrogens with zero attached hydrogens (tertiary/aromatic N) is 1. The fourth-order valence-corrected chi connectivity index (χ4v) is 1.17. The zero-order valence-electron chi connectivity index (χ0n) is 6.82. The van der Waals surface area contributed by atoms with E-state index < -0.39 is 11.9 Å².